The fourth-order valence-electron chi connectivity index (χ4n) is 4.43. The maximum absolute atomic E-state index is 13.6. The summed E-state index contributed by atoms with van der Waals surface area (Å²) in [5.74, 6) is 0.227. The number of carbonyl (C=O) groups is 2. The molecule has 2 atom stereocenters. The molecule has 0 bridgehead atoms. The molecule has 0 aromatic heterocycles. The Morgan fingerprint density at radius 3 is 2.51 bits per heavy atom. The van der Waals surface area contributed by atoms with Crippen molar-refractivity contribution >= 4 is 12.0 Å². The van der Waals surface area contributed by atoms with E-state index >= 15 is 0 Å². The Balaban J connectivity index is 1.56. The normalized spacial score (nSPS) is 20.6. The van der Waals surface area contributed by atoms with Crippen molar-refractivity contribution in [3.8, 4) is 16.9 Å². The third-order valence-electron chi connectivity index (χ3n) is 6.23. The van der Waals surface area contributed by atoms with Crippen LogP contribution in [-0.4, -0.2) is 72.3 Å². The van der Waals surface area contributed by atoms with E-state index in [1.807, 2.05) is 38.7 Å². The lowest BCUT2D eigenvalue weighted by Crippen LogP contribution is -2.52. The molecule has 0 unspecified atom stereocenters. The van der Waals surface area contributed by atoms with E-state index in [4.69, 9.17) is 9.47 Å². The molecule has 2 amide bonds. The van der Waals surface area contributed by atoms with Gasteiger partial charge in [-0.2, -0.15) is 0 Å². The van der Waals surface area contributed by atoms with Crippen molar-refractivity contribution in [2.75, 3.05) is 32.7 Å². The van der Waals surface area contributed by atoms with E-state index in [1.54, 1.807) is 29.2 Å². The van der Waals surface area contributed by atoms with Gasteiger partial charge < -0.3 is 24.6 Å². The quantitative estimate of drug-likeness (QED) is 0.702. The van der Waals surface area contributed by atoms with Gasteiger partial charge in [0.05, 0.1) is 6.54 Å². The number of hydrogen-bond acceptors (Lipinski definition) is 5. The Kier molecular flexibility index (Phi) is 7.31. The molecule has 2 aromatic rings. The zero-order valence-electron chi connectivity index (χ0n) is 20.8. The Bertz CT molecular complexity index is 1070. The Morgan fingerprint density at radius 1 is 1.09 bits per heavy atom. The molecule has 2 aliphatic rings. The summed E-state index contributed by atoms with van der Waals surface area (Å²) in [6.07, 6.45) is 0.103. The molecule has 2 aliphatic heterocycles. The fraction of sp³-hybridized carbons (Fsp3) is 0.481. The van der Waals surface area contributed by atoms with Gasteiger partial charge >= 0.3 is 6.09 Å². The average molecular weight is 484 g/mol. The predicted molar refractivity (Wildman–Crippen MR) is 132 cm³/mol. The molecular weight excluding hydrogens is 449 g/mol. The van der Waals surface area contributed by atoms with Crippen LogP contribution in [0.2, 0.25) is 0 Å². The maximum atomic E-state index is 13.6. The van der Waals surface area contributed by atoms with Crippen LogP contribution in [0.5, 0.6) is 5.75 Å². The predicted octanol–water partition coefficient (Wildman–Crippen LogP) is 4.31. The average Bonchev–Trinajstić information content (AvgIpc) is 3.28. The number of carbonyl (C=O) groups excluding carboxylic acids is 2. The summed E-state index contributed by atoms with van der Waals surface area (Å²) in [6, 6.07) is 11.6. The maximum Gasteiger partial charge on any atom is 0.410 e. The summed E-state index contributed by atoms with van der Waals surface area (Å²) in [5, 5.41) is 3.30. The second-order valence-electron chi connectivity index (χ2n) is 10.2. The summed E-state index contributed by atoms with van der Waals surface area (Å²) in [6.45, 7) is 10.7. The van der Waals surface area contributed by atoms with Crippen LogP contribution in [0, 0.1) is 5.82 Å². The lowest BCUT2D eigenvalue weighted by atomic mass is 10.0. The highest BCUT2D eigenvalue weighted by atomic mass is 19.1. The smallest absolute Gasteiger partial charge is 0.410 e. The molecule has 2 fully saturated rings. The van der Waals surface area contributed by atoms with E-state index in [-0.39, 0.29) is 30.0 Å². The second kappa shape index (κ2) is 10.2. The fourth-order valence-corrected chi connectivity index (χ4v) is 4.43. The van der Waals surface area contributed by atoms with Gasteiger partial charge in [-0.25, -0.2) is 9.18 Å². The molecule has 2 aromatic carbocycles. The van der Waals surface area contributed by atoms with Crippen molar-refractivity contribution in [2.45, 2.75) is 51.9 Å². The number of rotatable bonds is 4. The second-order valence-corrected chi connectivity index (χ2v) is 10.2. The first-order chi connectivity index (χ1) is 16.6. The first-order valence-electron chi connectivity index (χ1n) is 12.2. The molecule has 7 nitrogen and oxygen atoms in total. The third kappa shape index (κ3) is 6.11. The highest BCUT2D eigenvalue weighted by molar-refractivity contribution is 5.96. The van der Waals surface area contributed by atoms with E-state index in [0.29, 0.717) is 42.9 Å². The molecule has 1 N–H and O–H groups in total. The van der Waals surface area contributed by atoms with Crippen LogP contribution >= 0.6 is 0 Å². The zero-order valence-corrected chi connectivity index (χ0v) is 20.8. The molecule has 188 valence electrons. The largest absolute Gasteiger partial charge is 0.488 e. The number of halogens is 1. The van der Waals surface area contributed by atoms with Crippen molar-refractivity contribution in [2.24, 2.45) is 0 Å². The Hall–Kier alpha value is -3.13. The number of piperazine rings is 1. The SMILES string of the molecule is C[C@H]1CNCCN1C(=O)c1ccc(O[C@H]2CCN(C(=O)OC(C)(C)C)C2)c(-c2ccc(F)cc2)c1. The van der Waals surface area contributed by atoms with Gasteiger partial charge in [0, 0.05) is 49.8 Å². The van der Waals surface area contributed by atoms with Crippen molar-refractivity contribution in [1.82, 2.24) is 15.1 Å². The van der Waals surface area contributed by atoms with Gasteiger partial charge in [0.1, 0.15) is 23.3 Å². The van der Waals surface area contributed by atoms with Crippen LogP contribution in [0.1, 0.15) is 44.5 Å². The van der Waals surface area contributed by atoms with E-state index in [9.17, 15) is 14.0 Å². The summed E-state index contributed by atoms with van der Waals surface area (Å²) in [4.78, 5) is 29.2. The number of hydrogen-bond donors (Lipinski definition) is 1. The molecule has 0 spiro atoms. The lowest BCUT2D eigenvalue weighted by molar-refractivity contribution is 0.0275. The molecule has 4 rings (SSSR count). The minimum absolute atomic E-state index is 0.0362. The molecule has 0 radical (unpaired) electrons. The minimum Gasteiger partial charge on any atom is -0.488 e. The van der Waals surface area contributed by atoms with E-state index in [1.165, 1.54) is 12.1 Å². The number of nitrogens with one attached hydrogen (secondary N) is 1. The number of benzene rings is 2. The number of nitrogens with zero attached hydrogens (tertiary/aromatic N) is 2. The van der Waals surface area contributed by atoms with E-state index in [2.05, 4.69) is 5.32 Å². The van der Waals surface area contributed by atoms with Crippen LogP contribution in [0.3, 0.4) is 0 Å². The van der Waals surface area contributed by atoms with Gasteiger partial charge in [-0.1, -0.05) is 12.1 Å². The zero-order chi connectivity index (χ0) is 25.2. The Morgan fingerprint density at radius 2 is 1.83 bits per heavy atom. The van der Waals surface area contributed by atoms with Gasteiger partial charge in [0.15, 0.2) is 0 Å². The van der Waals surface area contributed by atoms with Gasteiger partial charge in [0.25, 0.3) is 5.91 Å². The van der Waals surface area contributed by atoms with Crippen LogP contribution in [-0.2, 0) is 4.74 Å². The van der Waals surface area contributed by atoms with Gasteiger partial charge in [-0.05, 0) is 63.6 Å². The summed E-state index contributed by atoms with van der Waals surface area (Å²) in [5.41, 5.74) is 1.48. The monoisotopic (exact) mass is 483 g/mol. The topological polar surface area (TPSA) is 71.1 Å². The first-order valence-corrected chi connectivity index (χ1v) is 12.2. The molecule has 2 saturated heterocycles. The van der Waals surface area contributed by atoms with Crippen molar-refractivity contribution in [1.29, 1.82) is 0 Å². The lowest BCUT2D eigenvalue weighted by Gasteiger charge is -2.34. The summed E-state index contributed by atoms with van der Waals surface area (Å²) < 4.78 is 25.4. The minimum atomic E-state index is -0.559. The van der Waals surface area contributed by atoms with E-state index < -0.39 is 5.60 Å². The molecule has 2 heterocycles. The van der Waals surface area contributed by atoms with E-state index in [0.717, 1.165) is 18.7 Å². The molecule has 0 aliphatic carbocycles. The van der Waals surface area contributed by atoms with Crippen molar-refractivity contribution < 1.29 is 23.5 Å². The van der Waals surface area contributed by atoms with Gasteiger partial charge in [-0.15, -0.1) is 0 Å². The van der Waals surface area contributed by atoms with Crippen LogP contribution in [0.15, 0.2) is 42.5 Å². The number of ether oxygens (including phenoxy) is 2. The van der Waals surface area contributed by atoms with Crippen LogP contribution in [0.25, 0.3) is 11.1 Å². The van der Waals surface area contributed by atoms with Gasteiger partial charge in [-0.3, -0.25) is 4.79 Å². The highest BCUT2D eigenvalue weighted by Gasteiger charge is 2.32. The number of amides is 2. The standard InChI is InChI=1S/C27H34FN3O4/c1-18-16-29-12-14-31(18)25(32)20-7-10-24(23(15-20)19-5-8-21(28)9-6-19)34-22-11-13-30(17-22)26(33)35-27(2,3)4/h5-10,15,18,22,29H,11-14,16-17H2,1-4H3/t18-,22-/m0/s1. The summed E-state index contributed by atoms with van der Waals surface area (Å²) >= 11 is 0. The van der Waals surface area contributed by atoms with Crippen LogP contribution in [0.4, 0.5) is 9.18 Å². The highest BCUT2D eigenvalue weighted by Crippen LogP contribution is 2.34. The Labute approximate surface area is 206 Å². The molecule has 0 saturated carbocycles. The first kappa shape index (κ1) is 25.0. The van der Waals surface area contributed by atoms with Crippen molar-refractivity contribution in [3.05, 3.63) is 53.8 Å². The molecule has 35 heavy (non-hydrogen) atoms. The third-order valence-corrected chi connectivity index (χ3v) is 6.23. The number of likely N-dealkylation sites (tertiary alicyclic amines) is 1. The van der Waals surface area contributed by atoms with Gasteiger partial charge in [0.2, 0.25) is 0 Å². The van der Waals surface area contributed by atoms with Crippen LogP contribution < -0.4 is 10.1 Å². The molecular formula is C27H34FN3O4. The van der Waals surface area contributed by atoms with Crippen molar-refractivity contribution in [3.63, 3.8) is 0 Å². The summed E-state index contributed by atoms with van der Waals surface area (Å²) in [7, 11) is 0. The molecule has 8 heteroatoms.